The molecule has 16 heavy (non-hydrogen) atoms. The maximum atomic E-state index is 5.87. The molecular formula is C12H13ClN2S. The molecule has 84 valence electrons. The summed E-state index contributed by atoms with van der Waals surface area (Å²) in [5.74, 6) is 0. The third-order valence-electron chi connectivity index (χ3n) is 2.53. The first kappa shape index (κ1) is 11.6. The summed E-state index contributed by atoms with van der Waals surface area (Å²) in [6.07, 6.45) is 2.07. The van der Waals surface area contributed by atoms with Crippen molar-refractivity contribution in [3.63, 3.8) is 0 Å². The van der Waals surface area contributed by atoms with Gasteiger partial charge in [-0.05, 0) is 25.3 Å². The van der Waals surface area contributed by atoms with Gasteiger partial charge in [-0.3, -0.25) is 4.68 Å². The Balaban J connectivity index is 2.52. The number of thioether (sulfide) groups is 1. The molecule has 0 radical (unpaired) electrons. The van der Waals surface area contributed by atoms with Crippen LogP contribution in [0.3, 0.4) is 0 Å². The monoisotopic (exact) mass is 252 g/mol. The minimum absolute atomic E-state index is 0.752. The van der Waals surface area contributed by atoms with E-state index < -0.39 is 0 Å². The maximum Gasteiger partial charge on any atom is 0.0969 e. The molecule has 0 aliphatic heterocycles. The van der Waals surface area contributed by atoms with Crippen LogP contribution in [-0.2, 0) is 7.05 Å². The Morgan fingerprint density at radius 3 is 2.38 bits per heavy atom. The van der Waals surface area contributed by atoms with Crippen LogP contribution in [-0.4, -0.2) is 16.0 Å². The fourth-order valence-corrected chi connectivity index (χ4v) is 2.62. The van der Waals surface area contributed by atoms with E-state index >= 15 is 0 Å². The van der Waals surface area contributed by atoms with Gasteiger partial charge in [0.2, 0.25) is 0 Å². The summed E-state index contributed by atoms with van der Waals surface area (Å²) < 4.78 is 1.92. The summed E-state index contributed by atoms with van der Waals surface area (Å²) in [6.45, 7) is 2.10. The largest absolute Gasteiger partial charge is 0.261 e. The molecule has 0 amide bonds. The lowest BCUT2D eigenvalue weighted by molar-refractivity contribution is 0.699. The van der Waals surface area contributed by atoms with Gasteiger partial charge >= 0.3 is 0 Å². The first-order valence-electron chi connectivity index (χ1n) is 4.97. The average Bonchev–Trinajstić information content (AvgIpc) is 2.55. The summed E-state index contributed by atoms with van der Waals surface area (Å²) in [5.41, 5.74) is 3.36. The van der Waals surface area contributed by atoms with Crippen molar-refractivity contribution in [3.8, 4) is 11.3 Å². The van der Waals surface area contributed by atoms with Crippen LogP contribution in [0, 0.1) is 6.92 Å². The quantitative estimate of drug-likeness (QED) is 0.758. The number of halogens is 1. The third kappa shape index (κ3) is 1.97. The molecule has 1 aromatic carbocycles. The second kappa shape index (κ2) is 4.52. The zero-order chi connectivity index (χ0) is 11.7. The molecule has 0 aliphatic carbocycles. The lowest BCUT2D eigenvalue weighted by Crippen LogP contribution is -1.91. The van der Waals surface area contributed by atoms with Crippen LogP contribution in [0.2, 0.25) is 5.02 Å². The molecule has 0 aliphatic rings. The third-order valence-corrected chi connectivity index (χ3v) is 3.74. The van der Waals surface area contributed by atoms with Crippen LogP contribution < -0.4 is 0 Å². The second-order valence-corrected chi connectivity index (χ2v) is 4.84. The van der Waals surface area contributed by atoms with Gasteiger partial charge in [0.15, 0.2) is 0 Å². The average molecular weight is 253 g/mol. The Kier molecular flexibility index (Phi) is 3.26. The standard InChI is InChI=1S/C12H13ClN2S/c1-8-11(14-15(2)12(8)16-3)9-4-6-10(13)7-5-9/h4-7H,1-3H3. The van der Waals surface area contributed by atoms with Crippen molar-refractivity contribution < 1.29 is 0 Å². The molecule has 1 aromatic heterocycles. The number of aryl methyl sites for hydroxylation is 1. The number of hydrogen-bond donors (Lipinski definition) is 0. The zero-order valence-electron chi connectivity index (χ0n) is 9.49. The van der Waals surface area contributed by atoms with Gasteiger partial charge in [0.05, 0.1) is 10.7 Å². The Morgan fingerprint density at radius 2 is 1.88 bits per heavy atom. The molecule has 0 N–H and O–H groups in total. The molecule has 2 nitrogen and oxygen atoms in total. The molecule has 2 rings (SSSR count). The van der Waals surface area contributed by atoms with E-state index in [1.165, 1.54) is 10.6 Å². The topological polar surface area (TPSA) is 17.8 Å². The van der Waals surface area contributed by atoms with E-state index in [-0.39, 0.29) is 0 Å². The number of rotatable bonds is 2. The first-order chi connectivity index (χ1) is 7.63. The molecule has 0 bridgehead atoms. The molecule has 4 heteroatoms. The van der Waals surface area contributed by atoms with E-state index in [4.69, 9.17) is 11.6 Å². The summed E-state index contributed by atoms with van der Waals surface area (Å²) in [6, 6.07) is 7.79. The van der Waals surface area contributed by atoms with Gasteiger partial charge in [0.25, 0.3) is 0 Å². The van der Waals surface area contributed by atoms with Crippen molar-refractivity contribution in [2.45, 2.75) is 11.9 Å². The van der Waals surface area contributed by atoms with Crippen LogP contribution in [0.25, 0.3) is 11.3 Å². The highest BCUT2D eigenvalue weighted by Crippen LogP contribution is 2.29. The van der Waals surface area contributed by atoms with Crippen LogP contribution in [0.1, 0.15) is 5.56 Å². The van der Waals surface area contributed by atoms with Crippen molar-refractivity contribution in [3.05, 3.63) is 34.9 Å². The molecular weight excluding hydrogens is 240 g/mol. The summed E-state index contributed by atoms with van der Waals surface area (Å²) in [5, 5.41) is 6.48. The van der Waals surface area contributed by atoms with E-state index in [1.807, 2.05) is 36.0 Å². The SMILES string of the molecule is CSc1c(C)c(-c2ccc(Cl)cc2)nn1C. The minimum atomic E-state index is 0.752. The van der Waals surface area contributed by atoms with E-state index in [0.29, 0.717) is 0 Å². The summed E-state index contributed by atoms with van der Waals surface area (Å²) in [4.78, 5) is 0. The van der Waals surface area contributed by atoms with Gasteiger partial charge in [-0.25, -0.2) is 0 Å². The van der Waals surface area contributed by atoms with Crippen LogP contribution in [0.15, 0.2) is 29.3 Å². The Bertz CT molecular complexity index is 502. The predicted octanol–water partition coefficient (Wildman–Crippen LogP) is 3.77. The minimum Gasteiger partial charge on any atom is -0.261 e. The first-order valence-corrected chi connectivity index (χ1v) is 6.57. The number of nitrogens with zero attached hydrogens (tertiary/aromatic N) is 2. The molecule has 2 aromatic rings. The molecule has 0 atom stereocenters. The predicted molar refractivity (Wildman–Crippen MR) is 70.2 cm³/mol. The lowest BCUT2D eigenvalue weighted by Gasteiger charge is -1.99. The Morgan fingerprint density at radius 1 is 1.25 bits per heavy atom. The lowest BCUT2D eigenvalue weighted by atomic mass is 10.1. The highest BCUT2D eigenvalue weighted by atomic mass is 35.5. The van der Waals surface area contributed by atoms with E-state index in [2.05, 4.69) is 18.3 Å². The summed E-state index contributed by atoms with van der Waals surface area (Å²) >= 11 is 7.59. The molecule has 0 saturated carbocycles. The number of benzene rings is 1. The van der Waals surface area contributed by atoms with Gasteiger partial charge in [-0.1, -0.05) is 23.7 Å². The summed E-state index contributed by atoms with van der Waals surface area (Å²) in [7, 11) is 1.97. The van der Waals surface area contributed by atoms with Gasteiger partial charge in [-0.2, -0.15) is 5.10 Å². The maximum absolute atomic E-state index is 5.87. The molecule has 0 saturated heterocycles. The highest BCUT2D eigenvalue weighted by Gasteiger charge is 2.12. The molecule has 0 unspecified atom stereocenters. The second-order valence-electron chi connectivity index (χ2n) is 3.61. The molecule has 0 spiro atoms. The Hall–Kier alpha value is -0.930. The van der Waals surface area contributed by atoms with Gasteiger partial charge in [-0.15, -0.1) is 11.8 Å². The van der Waals surface area contributed by atoms with Crippen LogP contribution >= 0.6 is 23.4 Å². The van der Waals surface area contributed by atoms with Gasteiger partial charge in [0.1, 0.15) is 0 Å². The van der Waals surface area contributed by atoms with E-state index in [1.54, 1.807) is 11.8 Å². The van der Waals surface area contributed by atoms with Crippen molar-refractivity contribution in [1.29, 1.82) is 0 Å². The normalized spacial score (nSPS) is 10.8. The van der Waals surface area contributed by atoms with Crippen molar-refractivity contribution >= 4 is 23.4 Å². The van der Waals surface area contributed by atoms with Crippen LogP contribution in [0.4, 0.5) is 0 Å². The molecule has 0 fully saturated rings. The van der Waals surface area contributed by atoms with Crippen LogP contribution in [0.5, 0.6) is 0 Å². The smallest absolute Gasteiger partial charge is 0.0969 e. The molecule has 1 heterocycles. The van der Waals surface area contributed by atoms with Crippen molar-refractivity contribution in [1.82, 2.24) is 9.78 Å². The van der Waals surface area contributed by atoms with Crippen molar-refractivity contribution in [2.24, 2.45) is 7.05 Å². The van der Waals surface area contributed by atoms with E-state index in [9.17, 15) is 0 Å². The van der Waals surface area contributed by atoms with Crippen molar-refractivity contribution in [2.75, 3.05) is 6.26 Å². The fraction of sp³-hybridized carbons (Fsp3) is 0.250. The highest BCUT2D eigenvalue weighted by molar-refractivity contribution is 7.98. The van der Waals surface area contributed by atoms with Gasteiger partial charge < -0.3 is 0 Å². The number of aromatic nitrogens is 2. The Labute approximate surface area is 105 Å². The van der Waals surface area contributed by atoms with Gasteiger partial charge in [0, 0.05) is 23.2 Å². The van der Waals surface area contributed by atoms with E-state index in [0.717, 1.165) is 16.3 Å². The fourth-order valence-electron chi connectivity index (χ4n) is 1.78. The zero-order valence-corrected chi connectivity index (χ0v) is 11.1. The number of hydrogen-bond acceptors (Lipinski definition) is 2.